The van der Waals surface area contributed by atoms with Gasteiger partial charge in [-0.2, -0.15) is 0 Å². The molecule has 0 spiro atoms. The number of esters is 6. The van der Waals surface area contributed by atoms with Gasteiger partial charge in [0.2, 0.25) is 0 Å². The minimum Gasteiger partial charge on any atom is -0.773 e. The third-order valence-corrected chi connectivity index (χ3v) is 33.4. The molecule has 12 saturated carbocycles. The standard InChI is InChI=1S/2C34H39O2S.2C12H16O7S.CH4O2S.Na/c2*1-23-16-31(37(29-10-6-4-7-11-29)30-12-8-5-9-13-30)17-24(2)32(23)14-15-33(35)36-34(3)27-19-25-18-26(21-27)22-28(34)20-25;2*13-10(5-20(15,16)17)19-11-7-1-6-2-8(4-7)12(14)18-9(11)3-6;1-4(2)3;/h2*4-13,16-17,25-28H,14-15,18-22H2,1-3H3;2*6-9,11H,1-5H2,(H,15,16,17);1H3,(H,2,3);/q2*+1;;;;+1/p-3. The Hall–Kier alpha value is -6.23. The van der Waals surface area contributed by atoms with Crippen LogP contribution in [0.2, 0.25) is 0 Å². The van der Waals surface area contributed by atoms with E-state index in [0.717, 1.165) is 68.5 Å². The fraction of sp³-hybridized carbons (Fsp3) is 0.548. The molecule has 20 nitrogen and oxygen atoms in total. The summed E-state index contributed by atoms with van der Waals surface area (Å²) in [5, 5.41) is 0. The smallest absolute Gasteiger partial charge is 0.773 e. The second-order valence-electron chi connectivity index (χ2n) is 36.1. The van der Waals surface area contributed by atoms with Crippen molar-refractivity contribution >= 4 is 88.9 Å². The number of ether oxygens (including phenoxy) is 6. The number of rotatable bonds is 20. The SMILES string of the molecule is CS(=O)[O-].Cc1cc([S+](c2ccccc2)c2ccccc2)cc(C)c1CCC(=O)OC1(C)C2CC3CC(C2)CC1C3.Cc1cc([S+](c2ccccc2)c2ccccc2)cc(C)c1CCC(=O)OC1(C)C2CC3CC(C2)CC1C3.O=C(CS(=O)(=O)[O-])OC1C2CC3CC(C2)C(=O)OC1C3.O=C(CS(=O)(=O)[O-])OC1C2CC3CC(C2)C(=O)OC1C3.[Na+]. The summed E-state index contributed by atoms with van der Waals surface area (Å²) in [4.78, 5) is 80.9. The molecule has 16 aliphatic rings. The molecule has 0 aromatic heterocycles. The van der Waals surface area contributed by atoms with Crippen molar-refractivity contribution in [3.8, 4) is 0 Å². The summed E-state index contributed by atoms with van der Waals surface area (Å²) >= 11 is -1.86. The van der Waals surface area contributed by atoms with Gasteiger partial charge < -0.3 is 42.1 Å². The number of benzene rings is 6. The summed E-state index contributed by atoms with van der Waals surface area (Å²) < 4.78 is 115. The first-order valence-electron chi connectivity index (χ1n) is 42.2. The van der Waals surface area contributed by atoms with E-state index in [0.29, 0.717) is 74.0 Å². The molecule has 22 rings (SSSR count). The maximum absolute atomic E-state index is 13.2. The second kappa shape index (κ2) is 38.5. The first-order chi connectivity index (χ1) is 56.2. The molecular weight excluding hydrogens is 1620 g/mol. The summed E-state index contributed by atoms with van der Waals surface area (Å²) in [6.45, 7) is 13.3. The third kappa shape index (κ3) is 21.9. The predicted octanol–water partition coefficient (Wildman–Crippen LogP) is 12.3. The zero-order chi connectivity index (χ0) is 83.7. The van der Waals surface area contributed by atoms with Crippen LogP contribution in [0.4, 0.5) is 0 Å². The Morgan fingerprint density at radius 1 is 0.420 bits per heavy atom. The van der Waals surface area contributed by atoms with Crippen molar-refractivity contribution in [2.75, 3.05) is 17.8 Å². The molecule has 0 amide bonds. The molecule has 16 bridgehead atoms. The van der Waals surface area contributed by atoms with Crippen LogP contribution in [-0.2, 0) is 123 Å². The minimum atomic E-state index is -4.65. The topological polar surface area (TPSA) is 312 Å². The average molecular weight is 1730 g/mol. The Labute approximate surface area is 731 Å². The molecule has 0 N–H and O–H groups in total. The Bertz CT molecular complexity index is 4410. The van der Waals surface area contributed by atoms with Crippen molar-refractivity contribution in [1.29, 1.82) is 0 Å². The van der Waals surface area contributed by atoms with E-state index < -0.39 is 79.2 Å². The van der Waals surface area contributed by atoms with Gasteiger partial charge in [0.15, 0.2) is 29.4 Å². The molecule has 11 atom stereocenters. The summed E-state index contributed by atoms with van der Waals surface area (Å²) in [5.41, 5.74) is 7.19. The number of hydrogen-bond donors (Lipinski definition) is 0. The molecule has 12 aliphatic carbocycles. The number of carbonyl (C=O) groups is 6. The quantitative estimate of drug-likeness (QED) is 0.0171. The van der Waals surface area contributed by atoms with Gasteiger partial charge >= 0.3 is 65.4 Å². The van der Waals surface area contributed by atoms with E-state index in [9.17, 15) is 54.7 Å². The molecule has 4 aliphatic heterocycles. The Kier molecular flexibility index (Phi) is 29.3. The molecule has 11 unspecified atom stereocenters. The Balaban J connectivity index is 0.000000140. The van der Waals surface area contributed by atoms with Crippen LogP contribution in [0.25, 0.3) is 0 Å². The van der Waals surface area contributed by atoms with Crippen LogP contribution in [0.1, 0.15) is 176 Å². The normalized spacial score (nSPS) is 31.1. The summed E-state index contributed by atoms with van der Waals surface area (Å²) in [6, 6.07) is 52.6. The molecule has 634 valence electrons. The summed E-state index contributed by atoms with van der Waals surface area (Å²) in [6.07, 6.45) is 20.1. The fourth-order valence-electron chi connectivity index (χ4n) is 23.1. The van der Waals surface area contributed by atoms with E-state index in [2.05, 4.69) is 187 Å². The molecule has 6 aromatic carbocycles. The van der Waals surface area contributed by atoms with Gasteiger partial charge in [-0.1, -0.05) is 83.9 Å². The third-order valence-electron chi connectivity index (χ3n) is 27.9. The van der Waals surface area contributed by atoms with Gasteiger partial charge in [-0.15, -0.1) is 0 Å². The van der Waals surface area contributed by atoms with Crippen molar-refractivity contribution in [3.63, 3.8) is 0 Å². The predicted molar refractivity (Wildman–Crippen MR) is 443 cm³/mol. The molecule has 6 aromatic rings. The van der Waals surface area contributed by atoms with Gasteiger partial charge in [0.1, 0.15) is 67.4 Å². The molecule has 16 fully saturated rings. The zero-order valence-corrected chi connectivity index (χ0v) is 75.5. The second-order valence-corrected chi connectivity index (χ2v) is 43.7. The van der Waals surface area contributed by atoms with E-state index in [1.54, 1.807) is 0 Å². The molecule has 4 heterocycles. The Morgan fingerprint density at radius 3 is 0.958 bits per heavy atom. The number of aryl methyl sites for hydroxylation is 4. The number of carbonyl (C=O) groups excluding carboxylic acids is 6. The summed E-state index contributed by atoms with van der Waals surface area (Å²) in [7, 11) is -9.63. The van der Waals surface area contributed by atoms with E-state index in [1.165, 1.54) is 127 Å². The van der Waals surface area contributed by atoms with E-state index in [-0.39, 0.29) is 110 Å². The molecule has 26 heteroatoms. The summed E-state index contributed by atoms with van der Waals surface area (Å²) in [5.74, 6) is 1.37. The van der Waals surface area contributed by atoms with Gasteiger partial charge in [-0.05, 0) is 342 Å². The van der Waals surface area contributed by atoms with Gasteiger partial charge in [0, 0.05) is 24.7 Å². The van der Waals surface area contributed by atoms with Crippen LogP contribution in [0.15, 0.2) is 175 Å². The van der Waals surface area contributed by atoms with Crippen LogP contribution in [-0.4, -0.2) is 124 Å². The van der Waals surface area contributed by atoms with Crippen LogP contribution < -0.4 is 29.6 Å². The van der Waals surface area contributed by atoms with Gasteiger partial charge in [0.25, 0.3) is 0 Å². The Morgan fingerprint density at radius 2 is 0.689 bits per heavy atom. The van der Waals surface area contributed by atoms with Crippen LogP contribution in [0.3, 0.4) is 0 Å². The first kappa shape index (κ1) is 90.5. The van der Waals surface area contributed by atoms with Gasteiger partial charge in [-0.25, -0.2) is 16.8 Å². The van der Waals surface area contributed by atoms with Crippen LogP contribution >= 0.6 is 0 Å². The van der Waals surface area contributed by atoms with Gasteiger partial charge in [-0.3, -0.25) is 33.0 Å². The van der Waals surface area contributed by atoms with E-state index >= 15 is 0 Å². The molecule has 119 heavy (non-hydrogen) atoms. The first-order valence-corrected chi connectivity index (χ1v) is 49.3. The van der Waals surface area contributed by atoms with Gasteiger partial charge in [0.05, 0.1) is 33.6 Å². The van der Waals surface area contributed by atoms with Crippen molar-refractivity contribution < 1.29 is 121 Å². The largest absolute Gasteiger partial charge is 1.00 e. The monoisotopic (exact) mass is 1730 g/mol. The number of hydrogen-bond acceptors (Lipinski definition) is 20. The zero-order valence-electron chi connectivity index (χ0n) is 69.4. The maximum atomic E-state index is 13.2. The van der Waals surface area contributed by atoms with Crippen LogP contribution in [0, 0.1) is 111 Å². The minimum absolute atomic E-state index is 0. The maximum Gasteiger partial charge on any atom is 1.00 e. The van der Waals surface area contributed by atoms with Crippen molar-refractivity contribution in [1.82, 2.24) is 0 Å². The van der Waals surface area contributed by atoms with Crippen molar-refractivity contribution in [3.05, 3.63) is 179 Å². The molecular formula is C93H111NaO20S5. The average Bonchev–Trinajstić information content (AvgIpc) is 1.53. The van der Waals surface area contributed by atoms with Crippen molar-refractivity contribution in [2.24, 2.45) is 82.9 Å². The van der Waals surface area contributed by atoms with Crippen LogP contribution in [0.5, 0.6) is 0 Å². The fourth-order valence-corrected chi connectivity index (χ4v) is 28.4. The van der Waals surface area contributed by atoms with Crippen molar-refractivity contribution in [2.45, 2.75) is 248 Å². The molecule has 4 saturated heterocycles. The van der Waals surface area contributed by atoms with E-state index in [1.807, 2.05) is 0 Å². The van der Waals surface area contributed by atoms with E-state index in [4.69, 9.17) is 37.2 Å². The number of fused-ring (bicyclic) bond motifs is 2. The molecule has 0 radical (unpaired) electrons.